The summed E-state index contributed by atoms with van der Waals surface area (Å²) < 4.78 is 5.98. The number of thiophene rings is 1. The van der Waals surface area contributed by atoms with E-state index >= 15 is 0 Å². The highest BCUT2D eigenvalue weighted by molar-refractivity contribution is 7.21. The molecule has 7 rings (SSSR count). The number of hydrogen-bond acceptors (Lipinski definition) is 7. The van der Waals surface area contributed by atoms with E-state index in [1.54, 1.807) is 17.2 Å². The predicted molar refractivity (Wildman–Crippen MR) is 162 cm³/mol. The number of piperidine rings is 1. The van der Waals surface area contributed by atoms with Crippen LogP contribution in [0, 0.1) is 6.92 Å². The molecule has 4 aromatic rings. The molecule has 0 radical (unpaired) electrons. The van der Waals surface area contributed by atoms with Gasteiger partial charge in [0.05, 0.1) is 28.5 Å². The molecule has 2 aromatic heterocycles. The van der Waals surface area contributed by atoms with E-state index in [4.69, 9.17) is 4.74 Å². The Kier molecular flexibility index (Phi) is 6.75. The number of pyridine rings is 1. The van der Waals surface area contributed by atoms with Crippen LogP contribution in [-0.4, -0.2) is 59.4 Å². The number of hydrogen-bond donors (Lipinski definition) is 3. The van der Waals surface area contributed by atoms with E-state index in [9.17, 15) is 14.4 Å². The van der Waals surface area contributed by atoms with E-state index in [1.807, 2.05) is 60.4 Å². The fourth-order valence-corrected chi connectivity index (χ4v) is 6.84. The molecule has 2 fully saturated rings. The molecule has 42 heavy (non-hydrogen) atoms. The lowest BCUT2D eigenvalue weighted by atomic mass is 10.0. The van der Waals surface area contributed by atoms with Crippen LogP contribution in [0.3, 0.4) is 0 Å². The van der Waals surface area contributed by atoms with Crippen LogP contribution in [0.5, 0.6) is 11.5 Å². The normalized spacial score (nSPS) is 19.7. The number of ether oxygens (including phenoxy) is 1. The number of nitrogens with one attached hydrogen (secondary N) is 3. The highest BCUT2D eigenvalue weighted by Crippen LogP contribution is 2.46. The Hall–Kier alpha value is -4.48. The first-order valence-electron chi connectivity index (χ1n) is 14.2. The average molecular weight is 583 g/mol. The Bertz CT molecular complexity index is 1700. The predicted octanol–water partition coefficient (Wildman–Crippen LogP) is 5.16. The van der Waals surface area contributed by atoms with Gasteiger partial charge in [-0.25, -0.2) is 9.78 Å². The second-order valence-corrected chi connectivity index (χ2v) is 11.8. The lowest BCUT2D eigenvalue weighted by molar-refractivity contribution is -0.136. The first-order valence-corrected chi connectivity index (χ1v) is 15.0. The molecule has 2 saturated heterocycles. The summed E-state index contributed by atoms with van der Waals surface area (Å²) in [4.78, 5) is 48.9. The smallest absolute Gasteiger partial charge is 0.331 e. The minimum Gasteiger partial charge on any atom is -0.457 e. The SMILES string of the molecule is Cc1cc(Oc2ccccc2)ccc1N1C(=O)Nc2c(C(=O)N[C@@H]3CCCN(C(=O)[C@@H]4CCN4)C3)sc3nccc1c23. The summed E-state index contributed by atoms with van der Waals surface area (Å²) >= 11 is 1.26. The average Bonchev–Trinajstić information content (AvgIpc) is 3.33. The van der Waals surface area contributed by atoms with Crippen LogP contribution in [0.15, 0.2) is 60.8 Å². The van der Waals surface area contributed by atoms with E-state index in [0.717, 1.165) is 42.5 Å². The van der Waals surface area contributed by atoms with E-state index in [-0.39, 0.29) is 29.9 Å². The molecule has 3 aliphatic heterocycles. The first kappa shape index (κ1) is 26.4. The van der Waals surface area contributed by atoms with Crippen molar-refractivity contribution in [3.05, 3.63) is 71.2 Å². The van der Waals surface area contributed by atoms with Crippen molar-refractivity contribution in [1.82, 2.24) is 20.5 Å². The molecule has 0 saturated carbocycles. The number of rotatable bonds is 6. The number of aromatic nitrogens is 1. The topological polar surface area (TPSA) is 116 Å². The van der Waals surface area contributed by atoms with Crippen LogP contribution in [0.2, 0.25) is 0 Å². The molecule has 0 unspecified atom stereocenters. The van der Waals surface area contributed by atoms with Crippen LogP contribution in [0.25, 0.3) is 10.2 Å². The van der Waals surface area contributed by atoms with E-state index in [1.165, 1.54) is 11.3 Å². The molecule has 214 valence electrons. The van der Waals surface area contributed by atoms with Crippen LogP contribution >= 0.6 is 11.3 Å². The molecular weight excluding hydrogens is 552 g/mol. The Balaban J connectivity index is 1.14. The van der Waals surface area contributed by atoms with Gasteiger partial charge in [0.25, 0.3) is 5.91 Å². The zero-order valence-electron chi connectivity index (χ0n) is 23.1. The van der Waals surface area contributed by atoms with Gasteiger partial charge in [-0.1, -0.05) is 18.2 Å². The molecule has 2 atom stereocenters. The number of carbonyl (C=O) groups is 3. The second-order valence-electron chi connectivity index (χ2n) is 10.8. The number of amides is 4. The van der Waals surface area contributed by atoms with Gasteiger partial charge in [-0.3, -0.25) is 14.5 Å². The first-order chi connectivity index (χ1) is 20.5. The summed E-state index contributed by atoms with van der Waals surface area (Å²) in [6.45, 7) is 3.98. The molecule has 0 aliphatic carbocycles. The van der Waals surface area contributed by atoms with Gasteiger partial charge < -0.3 is 25.6 Å². The summed E-state index contributed by atoms with van der Waals surface area (Å²) in [5.41, 5.74) is 2.70. The lowest BCUT2D eigenvalue weighted by Gasteiger charge is -2.37. The van der Waals surface area contributed by atoms with E-state index in [0.29, 0.717) is 45.6 Å². The highest BCUT2D eigenvalue weighted by Gasteiger charge is 2.35. The summed E-state index contributed by atoms with van der Waals surface area (Å²) in [7, 11) is 0. The van der Waals surface area contributed by atoms with Crippen LogP contribution in [-0.2, 0) is 4.79 Å². The number of para-hydroxylation sites is 1. The largest absolute Gasteiger partial charge is 0.457 e. The van der Waals surface area contributed by atoms with Gasteiger partial charge in [0.2, 0.25) is 5.91 Å². The molecule has 0 spiro atoms. The van der Waals surface area contributed by atoms with E-state index in [2.05, 4.69) is 20.9 Å². The fraction of sp³-hybridized carbons (Fsp3) is 0.290. The maximum absolute atomic E-state index is 13.6. The monoisotopic (exact) mass is 582 g/mol. The molecule has 3 N–H and O–H groups in total. The van der Waals surface area contributed by atoms with Gasteiger partial charge in [0.1, 0.15) is 21.2 Å². The van der Waals surface area contributed by atoms with Crippen molar-refractivity contribution in [2.45, 2.75) is 38.3 Å². The van der Waals surface area contributed by atoms with Gasteiger partial charge >= 0.3 is 6.03 Å². The number of anilines is 3. The van der Waals surface area contributed by atoms with Gasteiger partial charge in [0, 0.05) is 25.3 Å². The molecule has 2 aromatic carbocycles. The number of urea groups is 1. The van der Waals surface area contributed by atoms with Crippen LogP contribution in [0.4, 0.5) is 21.9 Å². The van der Waals surface area contributed by atoms with Crippen molar-refractivity contribution < 1.29 is 19.1 Å². The van der Waals surface area contributed by atoms with Crippen molar-refractivity contribution in [2.24, 2.45) is 0 Å². The molecule has 3 aliphatic rings. The van der Waals surface area contributed by atoms with Gasteiger partial charge in [0.15, 0.2) is 0 Å². The van der Waals surface area contributed by atoms with Crippen molar-refractivity contribution >= 4 is 56.5 Å². The van der Waals surface area contributed by atoms with Gasteiger partial charge in [-0.05, 0) is 74.7 Å². The molecule has 5 heterocycles. The second kappa shape index (κ2) is 10.7. The van der Waals surface area contributed by atoms with Gasteiger partial charge in [-0.15, -0.1) is 11.3 Å². The Morgan fingerprint density at radius 1 is 1.07 bits per heavy atom. The third-order valence-electron chi connectivity index (χ3n) is 8.03. The number of likely N-dealkylation sites (tertiary alicyclic amines) is 1. The van der Waals surface area contributed by atoms with Crippen molar-refractivity contribution in [2.75, 3.05) is 29.9 Å². The van der Waals surface area contributed by atoms with Crippen LogP contribution < -0.4 is 25.6 Å². The standard InChI is InChI=1S/C31H30N6O4S/c1-18-16-21(41-20-7-3-2-4-8-20)9-10-23(18)37-24-12-14-33-29-25(24)26(35-31(37)40)27(42-29)28(38)34-19-6-5-15-36(17-19)30(39)22-11-13-32-22/h2-4,7-10,12,14,16,19,22,32H,5-6,11,13,15,17H2,1H3,(H,34,38)(H,35,40)/t19-,22+/m1/s1. The summed E-state index contributed by atoms with van der Waals surface area (Å²) in [5, 5.41) is 9.98. The maximum atomic E-state index is 13.6. The Labute approximate surface area is 246 Å². The minimum atomic E-state index is -0.357. The maximum Gasteiger partial charge on any atom is 0.331 e. The highest BCUT2D eigenvalue weighted by atomic mass is 32.1. The minimum absolute atomic E-state index is 0.105. The van der Waals surface area contributed by atoms with Crippen molar-refractivity contribution in [1.29, 1.82) is 0 Å². The summed E-state index contributed by atoms with van der Waals surface area (Å²) in [6, 6.07) is 16.3. The molecular formula is C31H30N6O4S. The fourth-order valence-electron chi connectivity index (χ4n) is 5.82. The zero-order chi connectivity index (χ0) is 28.8. The van der Waals surface area contributed by atoms with E-state index < -0.39 is 0 Å². The third kappa shape index (κ3) is 4.74. The number of aryl methyl sites for hydroxylation is 1. The molecule has 0 bridgehead atoms. The van der Waals surface area contributed by atoms with Gasteiger partial charge in [-0.2, -0.15) is 0 Å². The number of benzene rings is 2. The lowest BCUT2D eigenvalue weighted by Crippen LogP contribution is -2.58. The molecule has 11 heteroatoms. The number of nitrogens with zero attached hydrogens (tertiary/aromatic N) is 3. The summed E-state index contributed by atoms with van der Waals surface area (Å²) in [5.74, 6) is 1.23. The quantitative estimate of drug-likeness (QED) is 0.289. The summed E-state index contributed by atoms with van der Waals surface area (Å²) in [6.07, 6.45) is 4.14. The zero-order valence-corrected chi connectivity index (χ0v) is 23.9. The van der Waals surface area contributed by atoms with Crippen molar-refractivity contribution in [3.8, 4) is 11.5 Å². The number of carbonyl (C=O) groups excluding carboxylic acids is 3. The molecule has 10 nitrogen and oxygen atoms in total. The van der Waals surface area contributed by atoms with Crippen molar-refractivity contribution in [3.63, 3.8) is 0 Å². The third-order valence-corrected chi connectivity index (χ3v) is 9.13. The van der Waals surface area contributed by atoms with Crippen LogP contribution in [0.1, 0.15) is 34.5 Å². The molecule has 4 amide bonds. The Morgan fingerprint density at radius 2 is 1.90 bits per heavy atom. The Morgan fingerprint density at radius 3 is 2.67 bits per heavy atom.